The molecule has 1 aromatic rings. The fourth-order valence-electron chi connectivity index (χ4n) is 1.49. The van der Waals surface area contributed by atoms with Crippen LogP contribution in [0, 0.1) is 5.92 Å². The molecule has 1 N–H and O–H groups in total. The SMILES string of the molecule is CC(CO)CSC(C(=O)N(C)C)c1ccccc1. The summed E-state index contributed by atoms with van der Waals surface area (Å²) >= 11 is 1.59. The molecule has 100 valence electrons. The molecule has 1 amide bonds. The lowest BCUT2D eigenvalue weighted by Gasteiger charge is -2.21. The second-order valence-electron chi connectivity index (χ2n) is 4.64. The van der Waals surface area contributed by atoms with Crippen LogP contribution in [0.4, 0.5) is 0 Å². The van der Waals surface area contributed by atoms with Crippen LogP contribution in [0.3, 0.4) is 0 Å². The number of amides is 1. The summed E-state index contributed by atoms with van der Waals surface area (Å²) in [6, 6.07) is 9.79. The number of aliphatic hydroxyl groups excluding tert-OH is 1. The number of carbonyl (C=O) groups is 1. The number of hydrogen-bond acceptors (Lipinski definition) is 3. The third kappa shape index (κ3) is 4.35. The van der Waals surface area contributed by atoms with E-state index in [1.165, 1.54) is 0 Å². The maximum Gasteiger partial charge on any atom is 0.239 e. The zero-order chi connectivity index (χ0) is 13.5. The van der Waals surface area contributed by atoms with Crippen LogP contribution in [0.25, 0.3) is 0 Å². The van der Waals surface area contributed by atoms with E-state index in [-0.39, 0.29) is 23.7 Å². The first-order chi connectivity index (χ1) is 8.56. The summed E-state index contributed by atoms with van der Waals surface area (Å²) in [5.74, 6) is 1.07. The highest BCUT2D eigenvalue weighted by Crippen LogP contribution is 2.31. The van der Waals surface area contributed by atoms with Gasteiger partial charge in [-0.3, -0.25) is 4.79 Å². The fraction of sp³-hybridized carbons (Fsp3) is 0.500. The van der Waals surface area contributed by atoms with Crippen molar-refractivity contribution < 1.29 is 9.90 Å². The molecule has 0 spiro atoms. The van der Waals surface area contributed by atoms with Crippen LogP contribution in [0.5, 0.6) is 0 Å². The van der Waals surface area contributed by atoms with Gasteiger partial charge >= 0.3 is 0 Å². The number of benzene rings is 1. The van der Waals surface area contributed by atoms with Gasteiger partial charge in [0.05, 0.1) is 0 Å². The predicted molar refractivity (Wildman–Crippen MR) is 76.6 cm³/mol. The monoisotopic (exact) mass is 267 g/mol. The standard InChI is InChI=1S/C14H21NO2S/c1-11(9-16)10-18-13(14(17)15(2)3)12-7-5-4-6-8-12/h4-8,11,13,16H,9-10H2,1-3H3. The van der Waals surface area contributed by atoms with Crippen molar-refractivity contribution in [2.24, 2.45) is 5.92 Å². The summed E-state index contributed by atoms with van der Waals surface area (Å²) in [6.07, 6.45) is 0. The number of carbonyl (C=O) groups excluding carboxylic acids is 1. The summed E-state index contributed by atoms with van der Waals surface area (Å²) in [6.45, 7) is 2.14. The first-order valence-corrected chi connectivity index (χ1v) is 7.09. The lowest BCUT2D eigenvalue weighted by atomic mass is 10.1. The molecule has 2 atom stereocenters. The van der Waals surface area contributed by atoms with E-state index in [2.05, 4.69) is 0 Å². The summed E-state index contributed by atoms with van der Waals surface area (Å²) in [4.78, 5) is 13.8. The van der Waals surface area contributed by atoms with Gasteiger partial charge in [0.25, 0.3) is 0 Å². The Hall–Kier alpha value is -1.00. The summed E-state index contributed by atoms with van der Waals surface area (Å²) in [7, 11) is 3.54. The molecule has 0 heterocycles. The molecule has 0 bridgehead atoms. The van der Waals surface area contributed by atoms with Crippen molar-refractivity contribution >= 4 is 17.7 Å². The minimum atomic E-state index is -0.185. The Kier molecular flexibility index (Phi) is 6.22. The number of thioether (sulfide) groups is 1. The topological polar surface area (TPSA) is 40.5 Å². The first kappa shape index (κ1) is 15.1. The molecule has 4 heteroatoms. The number of nitrogens with zero attached hydrogens (tertiary/aromatic N) is 1. The average molecular weight is 267 g/mol. The van der Waals surface area contributed by atoms with E-state index >= 15 is 0 Å². The molecule has 18 heavy (non-hydrogen) atoms. The van der Waals surface area contributed by atoms with Crippen molar-refractivity contribution in [1.82, 2.24) is 4.90 Å². The Bertz CT molecular complexity index is 367. The quantitative estimate of drug-likeness (QED) is 0.859. The Morgan fingerprint density at radius 2 is 1.94 bits per heavy atom. The second kappa shape index (κ2) is 7.44. The van der Waals surface area contributed by atoms with Gasteiger partial charge in [-0.2, -0.15) is 0 Å². The van der Waals surface area contributed by atoms with Crippen LogP contribution in [-0.2, 0) is 4.79 Å². The van der Waals surface area contributed by atoms with E-state index in [1.807, 2.05) is 37.3 Å². The molecule has 0 aliphatic rings. The minimum Gasteiger partial charge on any atom is -0.396 e. The maximum absolute atomic E-state index is 12.2. The summed E-state index contributed by atoms with van der Waals surface area (Å²) < 4.78 is 0. The molecule has 0 saturated heterocycles. The Balaban J connectivity index is 2.79. The van der Waals surface area contributed by atoms with Crippen molar-refractivity contribution in [3.8, 4) is 0 Å². The van der Waals surface area contributed by atoms with Crippen LogP contribution < -0.4 is 0 Å². The average Bonchev–Trinajstić information content (AvgIpc) is 2.39. The van der Waals surface area contributed by atoms with Crippen LogP contribution in [0.1, 0.15) is 17.7 Å². The smallest absolute Gasteiger partial charge is 0.239 e. The fourth-order valence-corrected chi connectivity index (χ4v) is 2.81. The maximum atomic E-state index is 12.2. The molecule has 2 unspecified atom stereocenters. The molecule has 0 saturated carbocycles. The van der Waals surface area contributed by atoms with E-state index in [4.69, 9.17) is 5.11 Å². The van der Waals surface area contributed by atoms with Gasteiger partial charge in [0, 0.05) is 20.7 Å². The van der Waals surface area contributed by atoms with Gasteiger partial charge < -0.3 is 10.0 Å². The van der Waals surface area contributed by atoms with Gasteiger partial charge in [-0.05, 0) is 17.2 Å². The van der Waals surface area contributed by atoms with Crippen LogP contribution in [0.2, 0.25) is 0 Å². The van der Waals surface area contributed by atoms with Crippen molar-refractivity contribution in [2.45, 2.75) is 12.2 Å². The molecule has 1 rings (SSSR count). The molecule has 0 aliphatic heterocycles. The molecule has 0 aliphatic carbocycles. The molecular formula is C14H21NO2S. The molecule has 0 fully saturated rings. The highest BCUT2D eigenvalue weighted by Gasteiger charge is 2.23. The highest BCUT2D eigenvalue weighted by molar-refractivity contribution is 8.00. The Labute approximate surface area is 113 Å². The summed E-state index contributed by atoms with van der Waals surface area (Å²) in [5, 5.41) is 8.87. The van der Waals surface area contributed by atoms with Gasteiger partial charge in [0.1, 0.15) is 5.25 Å². The number of hydrogen-bond donors (Lipinski definition) is 1. The van der Waals surface area contributed by atoms with Crippen molar-refractivity contribution in [1.29, 1.82) is 0 Å². The van der Waals surface area contributed by atoms with Gasteiger partial charge in [0.15, 0.2) is 0 Å². The third-order valence-electron chi connectivity index (χ3n) is 2.63. The molecule has 0 radical (unpaired) electrons. The van der Waals surface area contributed by atoms with Crippen molar-refractivity contribution in [2.75, 3.05) is 26.5 Å². The largest absolute Gasteiger partial charge is 0.396 e. The Morgan fingerprint density at radius 3 is 2.44 bits per heavy atom. The zero-order valence-electron chi connectivity index (χ0n) is 11.2. The molecule has 1 aromatic carbocycles. The lowest BCUT2D eigenvalue weighted by molar-refractivity contribution is -0.128. The number of rotatable bonds is 6. The lowest BCUT2D eigenvalue weighted by Crippen LogP contribution is -2.27. The van der Waals surface area contributed by atoms with E-state index in [0.29, 0.717) is 0 Å². The van der Waals surface area contributed by atoms with Gasteiger partial charge in [-0.15, -0.1) is 11.8 Å². The van der Waals surface area contributed by atoms with Gasteiger partial charge in [0.2, 0.25) is 5.91 Å². The van der Waals surface area contributed by atoms with Gasteiger partial charge in [-0.1, -0.05) is 37.3 Å². The second-order valence-corrected chi connectivity index (χ2v) is 5.78. The van der Waals surface area contributed by atoms with Crippen molar-refractivity contribution in [3.05, 3.63) is 35.9 Å². The minimum absolute atomic E-state index is 0.0938. The van der Waals surface area contributed by atoms with E-state index in [0.717, 1.165) is 11.3 Å². The third-order valence-corrected chi connectivity index (χ3v) is 4.20. The summed E-state index contributed by atoms with van der Waals surface area (Å²) in [5.41, 5.74) is 1.02. The zero-order valence-corrected chi connectivity index (χ0v) is 12.0. The van der Waals surface area contributed by atoms with E-state index < -0.39 is 0 Å². The first-order valence-electron chi connectivity index (χ1n) is 6.04. The molecule has 0 aromatic heterocycles. The molecular weight excluding hydrogens is 246 g/mol. The van der Waals surface area contributed by atoms with E-state index in [1.54, 1.807) is 30.8 Å². The molecule has 3 nitrogen and oxygen atoms in total. The van der Waals surface area contributed by atoms with Gasteiger partial charge in [-0.25, -0.2) is 0 Å². The van der Waals surface area contributed by atoms with Crippen LogP contribution in [-0.4, -0.2) is 42.4 Å². The highest BCUT2D eigenvalue weighted by atomic mass is 32.2. The van der Waals surface area contributed by atoms with Crippen LogP contribution in [0.15, 0.2) is 30.3 Å². The Morgan fingerprint density at radius 1 is 1.33 bits per heavy atom. The van der Waals surface area contributed by atoms with E-state index in [9.17, 15) is 4.79 Å². The number of aliphatic hydroxyl groups is 1. The van der Waals surface area contributed by atoms with Crippen LogP contribution >= 0.6 is 11.8 Å². The normalized spacial score (nSPS) is 14.0. The van der Waals surface area contributed by atoms with Crippen molar-refractivity contribution in [3.63, 3.8) is 0 Å². The number of likely N-dealkylation sites (N-methyl/N-ethyl adjacent to an activating group) is 1. The predicted octanol–water partition coefficient (Wildman–Crippen LogP) is 2.18.